The highest BCUT2D eigenvalue weighted by molar-refractivity contribution is 6.29. The highest BCUT2D eigenvalue weighted by Gasteiger charge is 2.23. The molecule has 0 bridgehead atoms. The van der Waals surface area contributed by atoms with Gasteiger partial charge in [0.1, 0.15) is 16.8 Å². The van der Waals surface area contributed by atoms with E-state index >= 15 is 0 Å². The Labute approximate surface area is 203 Å². The summed E-state index contributed by atoms with van der Waals surface area (Å²) in [6.07, 6.45) is -0.0670. The fraction of sp³-hybridized carbons (Fsp3) is 0.308. The summed E-state index contributed by atoms with van der Waals surface area (Å²) < 4.78 is 27.4. The molecule has 34 heavy (non-hydrogen) atoms. The number of nitrogens with zero attached hydrogens (tertiary/aromatic N) is 1. The van der Waals surface area contributed by atoms with Gasteiger partial charge in [0.2, 0.25) is 0 Å². The number of pyridine rings is 1. The number of hydrogen-bond donors (Lipinski definition) is 3. The fourth-order valence-electron chi connectivity index (χ4n) is 3.74. The smallest absolute Gasteiger partial charge is 0.251 e. The van der Waals surface area contributed by atoms with Crippen LogP contribution >= 0.6 is 11.6 Å². The minimum atomic E-state index is -1.02. The molecule has 0 radical (unpaired) electrons. The van der Waals surface area contributed by atoms with E-state index < -0.39 is 29.7 Å². The number of rotatable bonds is 10. The third kappa shape index (κ3) is 7.58. The van der Waals surface area contributed by atoms with Crippen molar-refractivity contribution in [2.24, 2.45) is 0 Å². The van der Waals surface area contributed by atoms with Crippen molar-refractivity contribution in [2.45, 2.75) is 45.4 Å². The second kappa shape index (κ2) is 12.0. The maximum absolute atomic E-state index is 13.7. The quantitative estimate of drug-likeness (QED) is 0.371. The normalized spacial score (nSPS) is 12.9. The second-order valence-electron chi connectivity index (χ2n) is 8.25. The maximum atomic E-state index is 13.7. The minimum absolute atomic E-state index is 0.0341. The van der Waals surface area contributed by atoms with E-state index in [1.54, 1.807) is 13.0 Å². The SMILES string of the molecule is CCc1cccc(CNCC(O)C(Cc2cc(F)cc(F)c2)NC(=O)c2cc(C)nc(Cl)c2)c1. The van der Waals surface area contributed by atoms with Crippen molar-refractivity contribution in [3.8, 4) is 0 Å². The van der Waals surface area contributed by atoms with Gasteiger partial charge in [0.25, 0.3) is 5.91 Å². The molecule has 3 rings (SSSR count). The largest absolute Gasteiger partial charge is 0.390 e. The number of carbonyl (C=O) groups is 1. The summed E-state index contributed by atoms with van der Waals surface area (Å²) in [6, 6.07) is 13.5. The Hall–Kier alpha value is -2.87. The zero-order valence-corrected chi connectivity index (χ0v) is 19.9. The van der Waals surface area contributed by atoms with Crippen LogP contribution in [0.25, 0.3) is 0 Å². The van der Waals surface area contributed by atoms with Gasteiger partial charge >= 0.3 is 0 Å². The van der Waals surface area contributed by atoms with Gasteiger partial charge in [-0.05, 0) is 60.7 Å². The first-order valence-electron chi connectivity index (χ1n) is 11.1. The number of aryl methyl sites for hydroxylation is 2. The molecule has 2 atom stereocenters. The van der Waals surface area contributed by atoms with Crippen molar-refractivity contribution < 1.29 is 18.7 Å². The van der Waals surface area contributed by atoms with Gasteiger partial charge in [0.15, 0.2) is 0 Å². The minimum Gasteiger partial charge on any atom is -0.390 e. The number of hydrogen-bond acceptors (Lipinski definition) is 4. The van der Waals surface area contributed by atoms with Gasteiger partial charge < -0.3 is 15.7 Å². The third-order valence-electron chi connectivity index (χ3n) is 5.43. The van der Waals surface area contributed by atoms with E-state index in [1.165, 1.54) is 23.8 Å². The van der Waals surface area contributed by atoms with Gasteiger partial charge in [0.05, 0.1) is 12.1 Å². The highest BCUT2D eigenvalue weighted by Crippen LogP contribution is 2.15. The Morgan fingerprint density at radius 3 is 2.44 bits per heavy atom. The van der Waals surface area contributed by atoms with Crippen molar-refractivity contribution in [3.05, 3.63) is 99.3 Å². The first-order valence-corrected chi connectivity index (χ1v) is 11.5. The number of nitrogens with one attached hydrogen (secondary N) is 2. The van der Waals surface area contributed by atoms with Crippen molar-refractivity contribution >= 4 is 17.5 Å². The monoisotopic (exact) mass is 487 g/mol. The molecule has 3 N–H and O–H groups in total. The zero-order chi connectivity index (χ0) is 24.7. The number of aromatic nitrogens is 1. The first-order chi connectivity index (χ1) is 16.2. The molecule has 2 unspecified atom stereocenters. The van der Waals surface area contributed by atoms with Gasteiger partial charge in [-0.15, -0.1) is 0 Å². The highest BCUT2D eigenvalue weighted by atomic mass is 35.5. The molecule has 1 heterocycles. The van der Waals surface area contributed by atoms with Crippen LogP contribution in [0.4, 0.5) is 8.78 Å². The van der Waals surface area contributed by atoms with Gasteiger partial charge in [-0.25, -0.2) is 13.8 Å². The van der Waals surface area contributed by atoms with Crippen LogP contribution in [0.1, 0.15) is 39.7 Å². The number of carbonyl (C=O) groups excluding carboxylic acids is 1. The van der Waals surface area contributed by atoms with Crippen LogP contribution in [-0.2, 0) is 19.4 Å². The molecule has 0 fully saturated rings. The van der Waals surface area contributed by atoms with E-state index in [0.717, 1.165) is 18.1 Å². The van der Waals surface area contributed by atoms with Crippen LogP contribution in [0, 0.1) is 18.6 Å². The Balaban J connectivity index is 1.73. The van der Waals surface area contributed by atoms with Crippen LogP contribution in [0.2, 0.25) is 5.15 Å². The Morgan fingerprint density at radius 2 is 1.76 bits per heavy atom. The van der Waals surface area contributed by atoms with E-state index in [1.807, 2.05) is 12.1 Å². The van der Waals surface area contributed by atoms with E-state index in [0.29, 0.717) is 17.8 Å². The molecule has 0 aliphatic carbocycles. The van der Waals surface area contributed by atoms with Gasteiger partial charge in [-0.3, -0.25) is 4.79 Å². The molecule has 0 saturated heterocycles. The average Bonchev–Trinajstić information content (AvgIpc) is 2.77. The number of halogens is 3. The zero-order valence-electron chi connectivity index (χ0n) is 19.1. The predicted octanol–water partition coefficient (Wildman–Crippen LogP) is 4.38. The molecule has 1 amide bonds. The second-order valence-corrected chi connectivity index (χ2v) is 8.64. The number of amides is 1. The summed E-state index contributed by atoms with van der Waals surface area (Å²) in [7, 11) is 0. The summed E-state index contributed by atoms with van der Waals surface area (Å²) in [6.45, 7) is 4.48. The van der Waals surface area contributed by atoms with Crippen LogP contribution < -0.4 is 10.6 Å². The molecule has 1 aromatic heterocycles. The standard InChI is InChI=1S/C26H28ClF2N3O2/c1-3-17-5-4-6-18(8-17)14-30-15-24(33)23(11-19-9-21(28)13-22(29)10-19)32-26(34)20-7-16(2)31-25(27)12-20/h4-10,12-13,23-24,30,33H,3,11,14-15H2,1-2H3,(H,32,34). The summed E-state index contributed by atoms with van der Waals surface area (Å²) in [5.41, 5.74) is 3.45. The maximum Gasteiger partial charge on any atom is 0.251 e. The van der Waals surface area contributed by atoms with Gasteiger partial charge in [-0.1, -0.05) is 42.8 Å². The van der Waals surface area contributed by atoms with E-state index in [9.17, 15) is 18.7 Å². The Bertz CT molecular complexity index is 1100. The molecule has 180 valence electrons. The van der Waals surface area contributed by atoms with Crippen molar-refractivity contribution in [1.29, 1.82) is 0 Å². The lowest BCUT2D eigenvalue weighted by molar-refractivity contribution is 0.0829. The molecule has 2 aromatic carbocycles. The van der Waals surface area contributed by atoms with Crippen LogP contribution in [0.15, 0.2) is 54.6 Å². The number of benzene rings is 2. The van der Waals surface area contributed by atoms with Crippen LogP contribution in [-0.4, -0.2) is 34.7 Å². The fourth-order valence-corrected chi connectivity index (χ4v) is 3.99. The number of aliphatic hydroxyl groups is 1. The summed E-state index contributed by atoms with van der Waals surface area (Å²) >= 11 is 5.97. The predicted molar refractivity (Wildman–Crippen MR) is 129 cm³/mol. The molecule has 0 aliphatic rings. The average molecular weight is 488 g/mol. The Morgan fingerprint density at radius 1 is 1.06 bits per heavy atom. The third-order valence-corrected chi connectivity index (χ3v) is 5.62. The lowest BCUT2D eigenvalue weighted by Gasteiger charge is -2.25. The molecule has 8 heteroatoms. The van der Waals surface area contributed by atoms with E-state index in [-0.39, 0.29) is 23.7 Å². The summed E-state index contributed by atoms with van der Waals surface area (Å²) in [5.74, 6) is -1.91. The molecular weight excluding hydrogens is 460 g/mol. The molecular formula is C26H28ClF2N3O2. The summed E-state index contributed by atoms with van der Waals surface area (Å²) in [4.78, 5) is 16.9. The van der Waals surface area contributed by atoms with Crippen molar-refractivity contribution in [2.75, 3.05) is 6.54 Å². The van der Waals surface area contributed by atoms with Crippen molar-refractivity contribution in [3.63, 3.8) is 0 Å². The molecule has 5 nitrogen and oxygen atoms in total. The molecule has 0 spiro atoms. The van der Waals surface area contributed by atoms with Crippen molar-refractivity contribution in [1.82, 2.24) is 15.6 Å². The molecule has 0 aliphatic heterocycles. The lowest BCUT2D eigenvalue weighted by atomic mass is 10.00. The van der Waals surface area contributed by atoms with Crippen LogP contribution in [0.5, 0.6) is 0 Å². The topological polar surface area (TPSA) is 74.2 Å². The Kier molecular flexibility index (Phi) is 9.10. The van der Waals surface area contributed by atoms with E-state index in [4.69, 9.17) is 11.6 Å². The lowest BCUT2D eigenvalue weighted by Crippen LogP contribution is -2.48. The number of aliphatic hydroxyl groups excluding tert-OH is 1. The van der Waals surface area contributed by atoms with Gasteiger partial charge in [-0.2, -0.15) is 0 Å². The first kappa shape index (κ1) is 25.7. The molecule has 0 saturated carbocycles. The summed E-state index contributed by atoms with van der Waals surface area (Å²) in [5, 5.41) is 17.0. The van der Waals surface area contributed by atoms with Crippen LogP contribution in [0.3, 0.4) is 0 Å². The molecule has 3 aromatic rings. The van der Waals surface area contributed by atoms with E-state index in [2.05, 4.69) is 34.7 Å². The van der Waals surface area contributed by atoms with Gasteiger partial charge in [0, 0.05) is 30.4 Å².